The van der Waals surface area contributed by atoms with E-state index >= 15 is 0 Å². The molecule has 0 aliphatic carbocycles. The van der Waals surface area contributed by atoms with Crippen LogP contribution in [-0.2, 0) is 4.74 Å². The number of nitrogens with zero attached hydrogens (tertiary/aromatic N) is 3. The molecule has 0 aromatic carbocycles. The van der Waals surface area contributed by atoms with E-state index in [2.05, 4.69) is 30.9 Å². The number of aliphatic hydroxyl groups excluding tert-OH is 1. The number of ether oxygens (including phenoxy) is 1. The van der Waals surface area contributed by atoms with Crippen LogP contribution in [0.1, 0.15) is 0 Å². The van der Waals surface area contributed by atoms with Gasteiger partial charge in [-0.25, -0.2) is 5.84 Å². The molecule has 2 rings (SSSR count). The van der Waals surface area contributed by atoms with Crippen LogP contribution >= 0.6 is 0 Å². The summed E-state index contributed by atoms with van der Waals surface area (Å²) < 4.78 is 4.84. The summed E-state index contributed by atoms with van der Waals surface area (Å²) in [5.41, 5.74) is 2.92. The van der Waals surface area contributed by atoms with Gasteiger partial charge in [-0.15, -0.1) is 0 Å². The monoisotopic (exact) mass is 253 g/mol. The molecule has 0 radical (unpaired) electrons. The van der Waals surface area contributed by atoms with Gasteiger partial charge < -0.3 is 15.2 Å². The summed E-state index contributed by atoms with van der Waals surface area (Å²) in [6, 6.07) is 0. The first-order valence-corrected chi connectivity index (χ1v) is 5.33. The number of anilines is 2. The fourth-order valence-corrected chi connectivity index (χ4v) is 1.50. The van der Waals surface area contributed by atoms with Gasteiger partial charge in [-0.2, -0.15) is 15.1 Å². The Kier molecular flexibility index (Phi) is 3.87. The van der Waals surface area contributed by atoms with E-state index in [1.54, 1.807) is 6.20 Å². The van der Waals surface area contributed by atoms with Crippen LogP contribution in [0.3, 0.4) is 0 Å². The van der Waals surface area contributed by atoms with Gasteiger partial charge >= 0.3 is 0 Å². The normalized spacial score (nSPS) is 12.6. The fourth-order valence-electron chi connectivity index (χ4n) is 1.50. The number of fused-ring (bicyclic) bond motifs is 1. The summed E-state index contributed by atoms with van der Waals surface area (Å²) in [6.45, 7) is 0.545. The Morgan fingerprint density at radius 2 is 2.39 bits per heavy atom. The molecule has 2 aromatic rings. The second kappa shape index (κ2) is 5.58. The largest absolute Gasteiger partial charge is 0.389 e. The highest BCUT2D eigenvalue weighted by Gasteiger charge is 2.10. The SMILES string of the molecule is COCC(O)CNc1nc(NN)nc2[nH]ncc12. The number of nitrogen functional groups attached to an aromatic ring is 1. The third kappa shape index (κ3) is 2.64. The smallest absolute Gasteiger partial charge is 0.241 e. The molecule has 18 heavy (non-hydrogen) atoms. The Labute approximate surface area is 103 Å². The number of hydrogen-bond donors (Lipinski definition) is 5. The molecule has 0 saturated carbocycles. The number of aromatic nitrogens is 4. The third-order valence-electron chi connectivity index (χ3n) is 2.30. The maximum atomic E-state index is 9.57. The number of nitrogens with two attached hydrogens (primary N) is 1. The molecule has 2 heterocycles. The van der Waals surface area contributed by atoms with Gasteiger partial charge in [0.15, 0.2) is 5.65 Å². The molecular formula is C9H15N7O2. The standard InChI is InChI=1S/C9H15N7O2/c1-18-4-5(17)2-11-7-6-3-12-16-8(6)14-9(13-7)15-10/h3,5,17H,2,4,10H2,1H3,(H3,11,12,13,14,15,16). The zero-order valence-corrected chi connectivity index (χ0v) is 9.84. The number of aliphatic hydroxyl groups is 1. The molecule has 9 heteroatoms. The highest BCUT2D eigenvalue weighted by Crippen LogP contribution is 2.19. The van der Waals surface area contributed by atoms with Crippen LogP contribution in [0.2, 0.25) is 0 Å². The molecule has 0 saturated heterocycles. The lowest BCUT2D eigenvalue weighted by Gasteiger charge is -2.12. The van der Waals surface area contributed by atoms with E-state index < -0.39 is 6.10 Å². The van der Waals surface area contributed by atoms with Crippen molar-refractivity contribution in [3.8, 4) is 0 Å². The molecule has 0 bridgehead atoms. The van der Waals surface area contributed by atoms with Crippen molar-refractivity contribution in [3.63, 3.8) is 0 Å². The van der Waals surface area contributed by atoms with E-state index in [0.29, 0.717) is 18.0 Å². The molecule has 9 nitrogen and oxygen atoms in total. The quantitative estimate of drug-likeness (QED) is 0.329. The van der Waals surface area contributed by atoms with E-state index in [-0.39, 0.29) is 12.6 Å². The molecular weight excluding hydrogens is 238 g/mol. The maximum absolute atomic E-state index is 9.57. The Morgan fingerprint density at radius 1 is 1.56 bits per heavy atom. The number of hydrogen-bond acceptors (Lipinski definition) is 8. The predicted molar refractivity (Wildman–Crippen MR) is 65.9 cm³/mol. The molecule has 1 atom stereocenters. The van der Waals surface area contributed by atoms with Crippen LogP contribution in [0.25, 0.3) is 11.0 Å². The topological polar surface area (TPSA) is 134 Å². The van der Waals surface area contributed by atoms with Crippen molar-refractivity contribution in [1.29, 1.82) is 0 Å². The zero-order chi connectivity index (χ0) is 13.0. The second-order valence-corrected chi connectivity index (χ2v) is 3.66. The Morgan fingerprint density at radius 3 is 3.11 bits per heavy atom. The average Bonchev–Trinajstić information content (AvgIpc) is 2.84. The van der Waals surface area contributed by atoms with Crippen molar-refractivity contribution in [1.82, 2.24) is 20.2 Å². The lowest BCUT2D eigenvalue weighted by Crippen LogP contribution is -2.24. The van der Waals surface area contributed by atoms with Gasteiger partial charge in [-0.05, 0) is 0 Å². The van der Waals surface area contributed by atoms with E-state index in [4.69, 9.17) is 10.6 Å². The minimum atomic E-state index is -0.624. The van der Waals surface area contributed by atoms with Gasteiger partial charge in [-0.3, -0.25) is 10.5 Å². The summed E-state index contributed by atoms with van der Waals surface area (Å²) in [5, 5.41) is 19.9. The highest BCUT2D eigenvalue weighted by molar-refractivity contribution is 5.86. The molecule has 0 aliphatic heterocycles. The summed E-state index contributed by atoms with van der Waals surface area (Å²) in [6.07, 6.45) is 0.974. The Bertz CT molecular complexity index is 515. The van der Waals surface area contributed by atoms with Crippen LogP contribution in [-0.4, -0.2) is 51.6 Å². The minimum Gasteiger partial charge on any atom is -0.389 e. The molecule has 6 N–H and O–H groups in total. The first kappa shape index (κ1) is 12.5. The van der Waals surface area contributed by atoms with E-state index in [1.807, 2.05) is 0 Å². The van der Waals surface area contributed by atoms with Crippen LogP contribution in [0.4, 0.5) is 11.8 Å². The number of nitrogens with one attached hydrogen (secondary N) is 3. The van der Waals surface area contributed by atoms with Crippen LogP contribution in [0.5, 0.6) is 0 Å². The average molecular weight is 253 g/mol. The number of H-pyrrole nitrogens is 1. The molecule has 0 aliphatic rings. The van der Waals surface area contributed by atoms with Gasteiger partial charge in [0.1, 0.15) is 5.82 Å². The summed E-state index contributed by atoms with van der Waals surface area (Å²) >= 11 is 0. The minimum absolute atomic E-state index is 0.245. The number of aromatic amines is 1. The number of methoxy groups -OCH3 is 1. The fraction of sp³-hybridized carbons (Fsp3) is 0.444. The number of hydrazine groups is 1. The highest BCUT2D eigenvalue weighted by atomic mass is 16.5. The molecule has 2 aromatic heterocycles. The second-order valence-electron chi connectivity index (χ2n) is 3.66. The van der Waals surface area contributed by atoms with Crippen LogP contribution in [0, 0.1) is 0 Å². The van der Waals surface area contributed by atoms with Crippen molar-refractivity contribution in [2.24, 2.45) is 5.84 Å². The number of rotatable bonds is 6. The molecule has 98 valence electrons. The Balaban J connectivity index is 2.18. The summed E-state index contributed by atoms with van der Waals surface area (Å²) in [5.74, 6) is 6.07. The maximum Gasteiger partial charge on any atom is 0.241 e. The molecule has 0 fully saturated rings. The molecule has 0 amide bonds. The van der Waals surface area contributed by atoms with Crippen molar-refractivity contribution >= 4 is 22.8 Å². The van der Waals surface area contributed by atoms with Gasteiger partial charge in [0.05, 0.1) is 24.3 Å². The molecule has 1 unspecified atom stereocenters. The summed E-state index contributed by atoms with van der Waals surface area (Å²) in [4.78, 5) is 8.24. The van der Waals surface area contributed by atoms with Crippen LogP contribution < -0.4 is 16.6 Å². The zero-order valence-electron chi connectivity index (χ0n) is 9.84. The van der Waals surface area contributed by atoms with Crippen molar-refractivity contribution in [3.05, 3.63) is 6.20 Å². The van der Waals surface area contributed by atoms with E-state index in [0.717, 1.165) is 5.39 Å². The first-order chi connectivity index (χ1) is 8.74. The Hall–Kier alpha value is -1.97. The van der Waals surface area contributed by atoms with Gasteiger partial charge in [0.2, 0.25) is 5.95 Å². The first-order valence-electron chi connectivity index (χ1n) is 5.33. The predicted octanol–water partition coefficient (Wildman–Crippen LogP) is -0.942. The summed E-state index contributed by atoms with van der Waals surface area (Å²) in [7, 11) is 1.53. The molecule has 0 spiro atoms. The van der Waals surface area contributed by atoms with E-state index in [9.17, 15) is 5.11 Å². The van der Waals surface area contributed by atoms with Crippen LogP contribution in [0.15, 0.2) is 6.20 Å². The van der Waals surface area contributed by atoms with E-state index in [1.165, 1.54) is 7.11 Å². The third-order valence-corrected chi connectivity index (χ3v) is 2.30. The van der Waals surface area contributed by atoms with Crippen molar-refractivity contribution in [2.45, 2.75) is 6.10 Å². The lowest BCUT2D eigenvalue weighted by atomic mass is 10.3. The van der Waals surface area contributed by atoms with Gasteiger partial charge in [0.25, 0.3) is 0 Å². The van der Waals surface area contributed by atoms with Gasteiger partial charge in [0, 0.05) is 13.7 Å². The lowest BCUT2D eigenvalue weighted by molar-refractivity contribution is 0.0727. The van der Waals surface area contributed by atoms with Crippen molar-refractivity contribution < 1.29 is 9.84 Å². The van der Waals surface area contributed by atoms with Crippen molar-refractivity contribution in [2.75, 3.05) is 31.0 Å². The van der Waals surface area contributed by atoms with Gasteiger partial charge in [-0.1, -0.05) is 0 Å².